The van der Waals surface area contributed by atoms with Crippen molar-refractivity contribution < 1.29 is 17.9 Å². The summed E-state index contributed by atoms with van der Waals surface area (Å²) < 4.78 is 31.5. The van der Waals surface area contributed by atoms with Crippen molar-refractivity contribution in [1.82, 2.24) is 9.97 Å². The van der Waals surface area contributed by atoms with E-state index in [9.17, 15) is 13.2 Å². The van der Waals surface area contributed by atoms with Crippen LogP contribution in [0.3, 0.4) is 0 Å². The number of benzene rings is 1. The van der Waals surface area contributed by atoms with E-state index >= 15 is 0 Å². The number of nitrogens with one attached hydrogen (secondary N) is 1. The van der Waals surface area contributed by atoms with Crippen LogP contribution in [-0.4, -0.2) is 30.4 Å². The summed E-state index contributed by atoms with van der Waals surface area (Å²) in [4.78, 5) is 20.7. The second-order valence-electron chi connectivity index (χ2n) is 6.31. The second kappa shape index (κ2) is 8.71. The van der Waals surface area contributed by atoms with Crippen LogP contribution in [0, 0.1) is 0 Å². The summed E-state index contributed by atoms with van der Waals surface area (Å²) in [5.41, 5.74) is 0.183. The lowest BCUT2D eigenvalue weighted by Crippen LogP contribution is -2.14. The Hall–Kier alpha value is -2.78. The average Bonchev–Trinajstić information content (AvgIpc) is 2.70. The van der Waals surface area contributed by atoms with Gasteiger partial charge in [0.2, 0.25) is 9.84 Å². The molecule has 0 bridgehead atoms. The smallest absolute Gasteiger partial charge is 0.256 e. The fourth-order valence-corrected chi connectivity index (χ4v) is 4.11. The van der Waals surface area contributed by atoms with Crippen LogP contribution in [0.15, 0.2) is 75.3 Å². The predicted octanol–water partition coefficient (Wildman–Crippen LogP) is 4.11. The molecular weight excluding hydrogens is 458 g/mol. The summed E-state index contributed by atoms with van der Waals surface area (Å²) in [5, 5.41) is 2.57. The van der Waals surface area contributed by atoms with Crippen molar-refractivity contribution in [3.8, 4) is 5.75 Å². The van der Waals surface area contributed by atoms with Gasteiger partial charge in [0.1, 0.15) is 10.4 Å². The van der Waals surface area contributed by atoms with Gasteiger partial charge in [-0.3, -0.25) is 4.79 Å². The molecule has 9 heteroatoms. The van der Waals surface area contributed by atoms with Gasteiger partial charge >= 0.3 is 0 Å². The van der Waals surface area contributed by atoms with Gasteiger partial charge in [-0.1, -0.05) is 12.1 Å². The first-order valence-electron chi connectivity index (χ1n) is 8.68. The maximum atomic E-state index is 12.7. The monoisotopic (exact) mass is 475 g/mol. The number of aromatic nitrogens is 2. The van der Waals surface area contributed by atoms with Crippen LogP contribution in [0.5, 0.6) is 5.75 Å². The van der Waals surface area contributed by atoms with Crippen molar-refractivity contribution in [3.05, 3.63) is 71.0 Å². The highest BCUT2D eigenvalue weighted by atomic mass is 79.9. The maximum absolute atomic E-state index is 12.7. The highest BCUT2D eigenvalue weighted by Crippen LogP contribution is 2.26. The van der Waals surface area contributed by atoms with Crippen molar-refractivity contribution in [2.45, 2.75) is 29.9 Å². The van der Waals surface area contributed by atoms with Crippen molar-refractivity contribution in [3.63, 3.8) is 0 Å². The van der Waals surface area contributed by atoms with E-state index < -0.39 is 15.7 Å². The molecular formula is C20H18BrN3O4S. The first kappa shape index (κ1) is 20.9. The van der Waals surface area contributed by atoms with E-state index in [0.717, 1.165) is 0 Å². The third-order valence-corrected chi connectivity index (χ3v) is 5.97. The Morgan fingerprint density at radius 2 is 1.90 bits per heavy atom. The first-order chi connectivity index (χ1) is 13.8. The third kappa shape index (κ3) is 4.99. The van der Waals surface area contributed by atoms with Gasteiger partial charge in [-0.2, -0.15) is 0 Å². The third-order valence-electron chi connectivity index (χ3n) is 3.74. The van der Waals surface area contributed by atoms with Crippen molar-refractivity contribution in [1.29, 1.82) is 0 Å². The molecule has 3 aromatic rings. The molecule has 0 radical (unpaired) electrons. The van der Waals surface area contributed by atoms with Gasteiger partial charge in [0.15, 0.2) is 10.8 Å². The van der Waals surface area contributed by atoms with E-state index in [2.05, 4.69) is 31.2 Å². The number of hydrogen-bond donors (Lipinski definition) is 1. The van der Waals surface area contributed by atoms with Gasteiger partial charge in [0, 0.05) is 11.8 Å². The lowest BCUT2D eigenvalue weighted by molar-refractivity contribution is 0.102. The molecule has 150 valence electrons. The molecule has 0 atom stereocenters. The number of sulfone groups is 1. The first-order valence-corrected chi connectivity index (χ1v) is 11.0. The number of pyridine rings is 2. The molecule has 0 aliphatic carbocycles. The standard InChI is InChI=1S/C20H18BrN3O4S/c1-13(2)28-16-9-10-17(23-19(16)21)24-20(25)14-6-5-7-15(12-14)29(26,27)18-8-3-4-11-22-18/h3-13H,1-2H3,(H,23,24,25). The summed E-state index contributed by atoms with van der Waals surface area (Å²) in [6, 6.07) is 13.7. The molecule has 1 amide bonds. The number of halogens is 1. The molecule has 1 aromatic carbocycles. The van der Waals surface area contributed by atoms with Crippen LogP contribution in [0.4, 0.5) is 5.82 Å². The molecule has 29 heavy (non-hydrogen) atoms. The SMILES string of the molecule is CC(C)Oc1ccc(NC(=O)c2cccc(S(=O)(=O)c3ccccn3)c2)nc1Br. The van der Waals surface area contributed by atoms with E-state index in [1.807, 2.05) is 13.8 Å². The van der Waals surface area contributed by atoms with E-state index in [-0.39, 0.29) is 21.6 Å². The molecule has 0 saturated heterocycles. The Kier molecular flexibility index (Phi) is 6.29. The number of nitrogens with zero attached hydrogens (tertiary/aromatic N) is 2. The molecule has 0 spiro atoms. The predicted molar refractivity (Wildman–Crippen MR) is 112 cm³/mol. The number of amides is 1. The number of ether oxygens (including phenoxy) is 1. The van der Waals surface area contributed by atoms with Gasteiger partial charge in [-0.15, -0.1) is 0 Å². The van der Waals surface area contributed by atoms with Gasteiger partial charge < -0.3 is 10.1 Å². The molecule has 1 N–H and O–H groups in total. The van der Waals surface area contributed by atoms with Crippen LogP contribution < -0.4 is 10.1 Å². The van der Waals surface area contributed by atoms with Crippen LogP contribution >= 0.6 is 15.9 Å². The Labute approximate surface area is 177 Å². The number of carbonyl (C=O) groups excluding carboxylic acids is 1. The molecule has 0 aliphatic rings. The van der Waals surface area contributed by atoms with Crippen LogP contribution in [0.25, 0.3) is 0 Å². The van der Waals surface area contributed by atoms with E-state index in [4.69, 9.17) is 4.74 Å². The Morgan fingerprint density at radius 3 is 2.55 bits per heavy atom. The molecule has 7 nitrogen and oxygen atoms in total. The number of hydrogen-bond acceptors (Lipinski definition) is 6. The zero-order valence-electron chi connectivity index (χ0n) is 15.7. The zero-order valence-corrected chi connectivity index (χ0v) is 18.1. The van der Waals surface area contributed by atoms with E-state index in [0.29, 0.717) is 16.2 Å². The fraction of sp³-hybridized carbons (Fsp3) is 0.150. The van der Waals surface area contributed by atoms with E-state index in [1.54, 1.807) is 24.3 Å². The van der Waals surface area contributed by atoms with Crippen molar-refractivity contribution in [2.75, 3.05) is 5.32 Å². The lowest BCUT2D eigenvalue weighted by Gasteiger charge is -2.12. The highest BCUT2D eigenvalue weighted by Gasteiger charge is 2.20. The molecule has 0 aliphatic heterocycles. The highest BCUT2D eigenvalue weighted by molar-refractivity contribution is 9.10. The maximum Gasteiger partial charge on any atom is 0.256 e. The molecule has 0 unspecified atom stereocenters. The Bertz CT molecular complexity index is 1140. The summed E-state index contributed by atoms with van der Waals surface area (Å²) >= 11 is 3.31. The van der Waals surface area contributed by atoms with Crippen LogP contribution in [0.2, 0.25) is 0 Å². The quantitative estimate of drug-likeness (QED) is 0.538. The minimum Gasteiger partial charge on any atom is -0.488 e. The van der Waals surface area contributed by atoms with Gasteiger partial charge in [-0.05, 0) is 72.2 Å². The lowest BCUT2D eigenvalue weighted by atomic mass is 10.2. The molecule has 2 aromatic heterocycles. The Morgan fingerprint density at radius 1 is 1.10 bits per heavy atom. The minimum absolute atomic E-state index is 0.0151. The number of rotatable bonds is 6. The van der Waals surface area contributed by atoms with Gasteiger partial charge in [0.05, 0.1) is 11.0 Å². The molecule has 0 saturated carbocycles. The normalized spacial score (nSPS) is 11.3. The summed E-state index contributed by atoms with van der Waals surface area (Å²) in [7, 11) is -3.82. The average molecular weight is 476 g/mol. The zero-order chi connectivity index (χ0) is 21.0. The molecule has 0 fully saturated rings. The van der Waals surface area contributed by atoms with Crippen molar-refractivity contribution >= 4 is 37.5 Å². The summed E-state index contributed by atoms with van der Waals surface area (Å²) in [6.45, 7) is 3.79. The van der Waals surface area contributed by atoms with Crippen LogP contribution in [0.1, 0.15) is 24.2 Å². The van der Waals surface area contributed by atoms with Crippen LogP contribution in [-0.2, 0) is 9.84 Å². The molecule has 2 heterocycles. The number of carbonyl (C=O) groups is 1. The topological polar surface area (TPSA) is 98.2 Å². The Balaban J connectivity index is 1.82. The van der Waals surface area contributed by atoms with Crippen molar-refractivity contribution in [2.24, 2.45) is 0 Å². The summed E-state index contributed by atoms with van der Waals surface area (Å²) in [6.07, 6.45) is 1.39. The van der Waals surface area contributed by atoms with E-state index in [1.165, 1.54) is 36.5 Å². The minimum atomic E-state index is -3.82. The van der Waals surface area contributed by atoms with Gasteiger partial charge in [-0.25, -0.2) is 18.4 Å². The largest absolute Gasteiger partial charge is 0.488 e. The molecule has 3 rings (SSSR count). The number of anilines is 1. The van der Waals surface area contributed by atoms with Gasteiger partial charge in [0.25, 0.3) is 5.91 Å². The summed E-state index contributed by atoms with van der Waals surface area (Å²) in [5.74, 6) is 0.373. The second-order valence-corrected chi connectivity index (χ2v) is 8.95. The fourth-order valence-electron chi connectivity index (χ4n) is 2.45.